The largest absolute Gasteiger partial charge is 0.481 e. The second-order valence-electron chi connectivity index (χ2n) is 7.97. The van der Waals surface area contributed by atoms with Crippen molar-refractivity contribution < 1.29 is 19.8 Å². The number of unbranched alkanes of at least 4 members (excludes halogenated alkanes) is 14. The van der Waals surface area contributed by atoms with Crippen LogP contribution in [-0.4, -0.2) is 34.7 Å². The van der Waals surface area contributed by atoms with Crippen molar-refractivity contribution in [1.82, 2.24) is 0 Å². The Hall–Kier alpha value is -1.14. The summed E-state index contributed by atoms with van der Waals surface area (Å²) >= 11 is 0. The molecule has 0 fully saturated rings. The molecule has 0 saturated carbocycles. The number of nitrogens with two attached hydrogens (primary N) is 2. The predicted octanol–water partition coefficient (Wildman–Crippen LogP) is 5.47. The van der Waals surface area contributed by atoms with Crippen molar-refractivity contribution in [2.45, 2.75) is 129 Å². The Kier molecular flexibility index (Phi) is 25.8. The third-order valence-electron chi connectivity index (χ3n) is 5.03. The first-order valence-electron chi connectivity index (χ1n) is 11.9. The Morgan fingerprint density at radius 3 is 1.38 bits per heavy atom. The molecular formula is C23H48N2O4. The van der Waals surface area contributed by atoms with Gasteiger partial charge in [-0.25, -0.2) is 0 Å². The molecule has 0 radical (unpaired) electrons. The molecule has 0 heterocycles. The van der Waals surface area contributed by atoms with Gasteiger partial charge in [0.2, 0.25) is 0 Å². The normalized spacial score (nSPS) is 11.6. The van der Waals surface area contributed by atoms with Crippen LogP contribution in [0.1, 0.15) is 122 Å². The van der Waals surface area contributed by atoms with Gasteiger partial charge in [0, 0.05) is 6.42 Å². The predicted molar refractivity (Wildman–Crippen MR) is 121 cm³/mol. The second-order valence-corrected chi connectivity index (χ2v) is 7.97. The molecule has 0 aliphatic carbocycles. The highest BCUT2D eigenvalue weighted by atomic mass is 16.4. The van der Waals surface area contributed by atoms with Gasteiger partial charge in [-0.05, 0) is 25.8 Å². The van der Waals surface area contributed by atoms with E-state index in [-0.39, 0.29) is 0 Å². The van der Waals surface area contributed by atoms with Crippen LogP contribution in [0.3, 0.4) is 0 Å². The summed E-state index contributed by atoms with van der Waals surface area (Å²) in [6, 6.07) is -0.742. The van der Waals surface area contributed by atoms with Gasteiger partial charge >= 0.3 is 11.9 Å². The lowest BCUT2D eigenvalue weighted by Crippen LogP contribution is -2.30. The third kappa shape index (κ3) is 29.2. The van der Waals surface area contributed by atoms with Gasteiger partial charge in [0.05, 0.1) is 0 Å². The van der Waals surface area contributed by atoms with Crippen molar-refractivity contribution in [1.29, 1.82) is 0 Å². The van der Waals surface area contributed by atoms with Crippen molar-refractivity contribution in [3.8, 4) is 0 Å². The van der Waals surface area contributed by atoms with Crippen LogP contribution in [0.15, 0.2) is 0 Å². The third-order valence-corrected chi connectivity index (χ3v) is 5.03. The molecule has 0 bridgehead atoms. The van der Waals surface area contributed by atoms with Gasteiger partial charge in [-0.1, -0.05) is 96.8 Å². The zero-order valence-electron chi connectivity index (χ0n) is 18.9. The van der Waals surface area contributed by atoms with E-state index in [0.29, 0.717) is 25.8 Å². The summed E-state index contributed by atoms with van der Waals surface area (Å²) in [6.45, 7) is 2.77. The topological polar surface area (TPSA) is 127 Å². The van der Waals surface area contributed by atoms with Crippen LogP contribution in [-0.2, 0) is 9.59 Å². The molecule has 0 rings (SSSR count). The molecule has 6 heteroatoms. The first-order chi connectivity index (χ1) is 14.0. The molecule has 0 aliphatic heterocycles. The van der Waals surface area contributed by atoms with Crippen LogP contribution in [0.2, 0.25) is 0 Å². The Morgan fingerprint density at radius 2 is 1.07 bits per heavy atom. The highest BCUT2D eigenvalue weighted by Crippen LogP contribution is 2.13. The van der Waals surface area contributed by atoms with E-state index in [1.54, 1.807) is 0 Å². The Balaban J connectivity index is 0. The average Bonchev–Trinajstić information content (AvgIpc) is 2.69. The number of carboxylic acid groups (broad SMARTS) is 2. The van der Waals surface area contributed by atoms with E-state index in [1.807, 2.05) is 0 Å². The Morgan fingerprint density at radius 1 is 0.690 bits per heavy atom. The van der Waals surface area contributed by atoms with Crippen molar-refractivity contribution in [3.05, 3.63) is 0 Å². The highest BCUT2D eigenvalue weighted by molar-refractivity contribution is 5.72. The smallest absolute Gasteiger partial charge is 0.320 e. The van der Waals surface area contributed by atoms with Gasteiger partial charge in [-0.15, -0.1) is 0 Å². The number of carbonyl (C=O) groups is 2. The molecule has 0 aromatic heterocycles. The first kappa shape index (κ1) is 30.1. The maximum atomic E-state index is 10.3. The molecule has 6 nitrogen and oxygen atoms in total. The van der Waals surface area contributed by atoms with Crippen LogP contribution in [0.25, 0.3) is 0 Å². The molecule has 0 saturated heterocycles. The van der Waals surface area contributed by atoms with E-state index >= 15 is 0 Å². The zero-order chi connectivity index (χ0) is 22.2. The van der Waals surface area contributed by atoms with E-state index in [0.717, 1.165) is 12.8 Å². The van der Waals surface area contributed by atoms with Crippen molar-refractivity contribution in [3.63, 3.8) is 0 Å². The van der Waals surface area contributed by atoms with Gasteiger partial charge in [-0.3, -0.25) is 9.59 Å². The Labute approximate surface area is 178 Å². The summed E-state index contributed by atoms with van der Waals surface area (Å²) in [5.74, 6) is -1.61. The van der Waals surface area contributed by atoms with Gasteiger partial charge in [-0.2, -0.15) is 0 Å². The summed E-state index contributed by atoms with van der Waals surface area (Å²) in [5.41, 5.74) is 10.3. The Bertz CT molecular complexity index is 365. The van der Waals surface area contributed by atoms with E-state index < -0.39 is 18.0 Å². The summed E-state index contributed by atoms with van der Waals surface area (Å²) in [4.78, 5) is 20.4. The summed E-state index contributed by atoms with van der Waals surface area (Å²) in [6.07, 6.45) is 21.3. The van der Waals surface area contributed by atoms with Gasteiger partial charge in [0.25, 0.3) is 0 Å². The molecule has 0 aromatic carbocycles. The highest BCUT2D eigenvalue weighted by Gasteiger charge is 2.08. The number of carboxylic acids is 2. The molecule has 0 unspecified atom stereocenters. The van der Waals surface area contributed by atoms with Crippen molar-refractivity contribution in [2.75, 3.05) is 6.54 Å². The zero-order valence-corrected chi connectivity index (χ0v) is 18.9. The maximum Gasteiger partial charge on any atom is 0.320 e. The SMILES string of the molecule is CCCCCCCCCCCCCCCCCC(=O)O.NCCC[C@H](N)C(=O)O. The molecular weight excluding hydrogens is 368 g/mol. The molecule has 29 heavy (non-hydrogen) atoms. The molecule has 0 aromatic rings. The van der Waals surface area contributed by atoms with Crippen molar-refractivity contribution >= 4 is 11.9 Å². The van der Waals surface area contributed by atoms with E-state index in [2.05, 4.69) is 6.92 Å². The van der Waals surface area contributed by atoms with Gasteiger partial charge in [0.1, 0.15) is 6.04 Å². The number of hydrogen-bond donors (Lipinski definition) is 4. The summed E-state index contributed by atoms with van der Waals surface area (Å²) in [5, 5.41) is 16.8. The minimum absolute atomic E-state index is 0.345. The maximum absolute atomic E-state index is 10.3. The van der Waals surface area contributed by atoms with E-state index in [1.165, 1.54) is 83.5 Å². The number of rotatable bonds is 20. The number of hydrogen-bond acceptors (Lipinski definition) is 4. The lowest BCUT2D eigenvalue weighted by molar-refractivity contribution is -0.139. The van der Waals surface area contributed by atoms with E-state index in [4.69, 9.17) is 21.7 Å². The van der Waals surface area contributed by atoms with Crippen LogP contribution in [0, 0.1) is 0 Å². The fourth-order valence-electron chi connectivity index (χ4n) is 3.11. The van der Waals surface area contributed by atoms with Gasteiger partial charge in [0.15, 0.2) is 0 Å². The molecule has 0 amide bonds. The second kappa shape index (κ2) is 24.9. The minimum Gasteiger partial charge on any atom is -0.481 e. The summed E-state index contributed by atoms with van der Waals surface area (Å²) in [7, 11) is 0. The van der Waals surface area contributed by atoms with Crippen molar-refractivity contribution in [2.24, 2.45) is 11.5 Å². The molecule has 174 valence electrons. The van der Waals surface area contributed by atoms with Crippen LogP contribution < -0.4 is 11.5 Å². The summed E-state index contributed by atoms with van der Waals surface area (Å²) < 4.78 is 0. The minimum atomic E-state index is -0.955. The van der Waals surface area contributed by atoms with Crippen LogP contribution in [0.5, 0.6) is 0 Å². The monoisotopic (exact) mass is 416 g/mol. The lowest BCUT2D eigenvalue weighted by atomic mass is 10.0. The fourth-order valence-corrected chi connectivity index (χ4v) is 3.11. The van der Waals surface area contributed by atoms with Crippen LogP contribution in [0.4, 0.5) is 0 Å². The molecule has 1 atom stereocenters. The number of aliphatic carboxylic acids is 2. The van der Waals surface area contributed by atoms with Crippen LogP contribution >= 0.6 is 0 Å². The molecule has 0 aliphatic rings. The average molecular weight is 417 g/mol. The lowest BCUT2D eigenvalue weighted by Gasteiger charge is -2.03. The quantitative estimate of drug-likeness (QED) is 0.195. The van der Waals surface area contributed by atoms with Gasteiger partial charge < -0.3 is 21.7 Å². The molecule has 0 spiro atoms. The van der Waals surface area contributed by atoms with E-state index in [9.17, 15) is 9.59 Å². The standard InChI is InChI=1S/C18H36O2.C5H12N2O2/c1-2-3-4-5-6-7-8-9-10-11-12-13-14-15-16-17-18(19)20;6-3-1-2-4(7)5(8)9/h2-17H2,1H3,(H,19,20);4H,1-3,6-7H2,(H,8,9)/t;4-/m.0/s1. The molecule has 6 N–H and O–H groups in total. The fraction of sp³-hybridized carbons (Fsp3) is 0.913. The first-order valence-corrected chi connectivity index (χ1v) is 11.9.